The van der Waals surface area contributed by atoms with Gasteiger partial charge in [-0.3, -0.25) is 14.4 Å². The number of likely N-dealkylation sites (tertiary alicyclic amines) is 2. The number of aliphatic carboxylic acids is 1. The van der Waals surface area contributed by atoms with Gasteiger partial charge in [-0.25, -0.2) is 18.7 Å². The molecule has 3 fully saturated rings. The number of carbonyl (C=O) groups is 3. The minimum Gasteiger partial charge on any atom is -0.480 e. The topological polar surface area (TPSA) is 119 Å². The van der Waals surface area contributed by atoms with E-state index in [9.17, 15) is 23.2 Å². The van der Waals surface area contributed by atoms with Crippen LogP contribution < -0.4 is 10.2 Å². The summed E-state index contributed by atoms with van der Waals surface area (Å²) in [6.07, 6.45) is 0.565. The molecule has 5 rings (SSSR count). The van der Waals surface area contributed by atoms with Gasteiger partial charge in [-0.1, -0.05) is 17.7 Å². The first-order chi connectivity index (χ1) is 21.7. The van der Waals surface area contributed by atoms with Crippen LogP contribution in [-0.4, -0.2) is 93.9 Å². The molecule has 2 aliphatic heterocycles. The van der Waals surface area contributed by atoms with Gasteiger partial charge in [-0.05, 0) is 83.0 Å². The fourth-order valence-electron chi connectivity index (χ4n) is 7.02. The summed E-state index contributed by atoms with van der Waals surface area (Å²) in [6.45, 7) is 11.1. The first-order valence-corrected chi connectivity index (χ1v) is 16.4. The van der Waals surface area contributed by atoms with Crippen LogP contribution in [0.4, 0.5) is 20.4 Å². The van der Waals surface area contributed by atoms with Crippen LogP contribution in [0, 0.1) is 38.5 Å². The standard InChI is InChI=1S/C33H43ClF2N6O4/c1-19-6-7-26(14-27(19)34)42(29(43)23-8-10-33(35,36)11-9-23)13-5-12-40-15-24-17-41(18-25(24)16-40)30(44)28-20(2)37-32(38-21(28)3)39-22(4)31(45)46/h6-7,14,22-25H,5,8-13,15-18H2,1-4H3,(H,45,46)(H,37,38,39). The van der Waals surface area contributed by atoms with Crippen LogP contribution in [0.2, 0.25) is 5.02 Å². The van der Waals surface area contributed by atoms with E-state index in [0.717, 1.165) is 31.6 Å². The maximum Gasteiger partial charge on any atom is 0.325 e. The first-order valence-electron chi connectivity index (χ1n) is 16.0. The summed E-state index contributed by atoms with van der Waals surface area (Å²) in [4.78, 5) is 53.0. The Kier molecular flexibility index (Phi) is 10.2. The second kappa shape index (κ2) is 13.8. The molecule has 46 heavy (non-hydrogen) atoms. The molecule has 3 atom stereocenters. The second-order valence-corrected chi connectivity index (χ2v) is 13.6. The third-order valence-electron chi connectivity index (χ3n) is 9.71. The van der Waals surface area contributed by atoms with Crippen LogP contribution in [0.1, 0.15) is 66.3 Å². The number of hydrogen-bond donors (Lipinski definition) is 2. The number of rotatable bonds is 10. The average molecular weight is 661 g/mol. The Morgan fingerprint density at radius 2 is 1.67 bits per heavy atom. The summed E-state index contributed by atoms with van der Waals surface area (Å²) in [6, 6.07) is 4.67. The summed E-state index contributed by atoms with van der Waals surface area (Å²) < 4.78 is 27.6. The summed E-state index contributed by atoms with van der Waals surface area (Å²) in [5.41, 5.74) is 3.07. The maximum atomic E-state index is 13.8. The van der Waals surface area contributed by atoms with E-state index in [0.29, 0.717) is 59.1 Å². The number of benzene rings is 1. The highest BCUT2D eigenvalue weighted by molar-refractivity contribution is 6.31. The van der Waals surface area contributed by atoms with Gasteiger partial charge in [0.1, 0.15) is 6.04 Å². The van der Waals surface area contributed by atoms with Crippen molar-refractivity contribution in [2.24, 2.45) is 17.8 Å². The normalized spacial score (nSPS) is 22.0. The van der Waals surface area contributed by atoms with Crippen molar-refractivity contribution in [2.75, 3.05) is 49.5 Å². The van der Waals surface area contributed by atoms with Crippen molar-refractivity contribution < 1.29 is 28.3 Å². The molecule has 1 aromatic carbocycles. The molecule has 0 bridgehead atoms. The van der Waals surface area contributed by atoms with Crippen molar-refractivity contribution in [1.29, 1.82) is 0 Å². The predicted octanol–water partition coefficient (Wildman–Crippen LogP) is 5.19. The number of halogens is 3. The van der Waals surface area contributed by atoms with Crippen molar-refractivity contribution >= 4 is 41.0 Å². The molecule has 13 heteroatoms. The first kappa shape index (κ1) is 34.0. The van der Waals surface area contributed by atoms with E-state index in [4.69, 9.17) is 16.7 Å². The van der Waals surface area contributed by atoms with E-state index in [2.05, 4.69) is 20.2 Å². The molecule has 250 valence electrons. The van der Waals surface area contributed by atoms with Crippen LogP contribution in [0.25, 0.3) is 0 Å². The van der Waals surface area contributed by atoms with E-state index in [1.54, 1.807) is 24.8 Å². The molecule has 1 aliphatic carbocycles. The second-order valence-electron chi connectivity index (χ2n) is 13.2. The van der Waals surface area contributed by atoms with Gasteiger partial charge in [0, 0.05) is 62.2 Å². The molecule has 1 aromatic heterocycles. The van der Waals surface area contributed by atoms with Gasteiger partial charge in [0.25, 0.3) is 5.91 Å². The zero-order chi connectivity index (χ0) is 33.3. The number of hydrogen-bond acceptors (Lipinski definition) is 7. The monoisotopic (exact) mass is 660 g/mol. The van der Waals surface area contributed by atoms with E-state index >= 15 is 0 Å². The quantitative estimate of drug-likeness (QED) is 0.357. The average Bonchev–Trinajstić information content (AvgIpc) is 3.55. The third-order valence-corrected chi connectivity index (χ3v) is 10.1. The number of carboxylic acid groups (broad SMARTS) is 1. The number of carbonyl (C=O) groups excluding carboxylic acids is 2. The lowest BCUT2D eigenvalue weighted by Crippen LogP contribution is -2.41. The SMILES string of the molecule is Cc1ccc(N(CCCN2CC3CN(C(=O)c4c(C)nc(NC(C)C(=O)O)nc4C)CC3C2)C(=O)C2CCC(F)(F)CC2)cc1Cl. The van der Waals surface area contributed by atoms with Crippen LogP contribution >= 0.6 is 11.6 Å². The van der Waals surface area contributed by atoms with Gasteiger partial charge in [-0.15, -0.1) is 0 Å². The minimum absolute atomic E-state index is 0.111. The highest BCUT2D eigenvalue weighted by Gasteiger charge is 2.42. The van der Waals surface area contributed by atoms with Gasteiger partial charge in [-0.2, -0.15) is 0 Å². The lowest BCUT2D eigenvalue weighted by Gasteiger charge is -2.32. The number of nitrogens with zero attached hydrogens (tertiary/aromatic N) is 5. The number of aromatic nitrogens is 2. The molecule has 3 heterocycles. The van der Waals surface area contributed by atoms with Crippen molar-refractivity contribution in [3.63, 3.8) is 0 Å². The van der Waals surface area contributed by atoms with E-state index in [1.807, 2.05) is 24.0 Å². The van der Waals surface area contributed by atoms with Crippen molar-refractivity contribution in [3.05, 3.63) is 45.7 Å². The molecule has 3 aliphatic rings. The number of carboxylic acids is 1. The number of fused-ring (bicyclic) bond motifs is 1. The Morgan fingerprint density at radius 3 is 2.24 bits per heavy atom. The lowest BCUT2D eigenvalue weighted by molar-refractivity contribution is -0.137. The van der Waals surface area contributed by atoms with Crippen molar-refractivity contribution in [1.82, 2.24) is 19.8 Å². The Labute approximate surface area is 273 Å². The molecule has 2 N–H and O–H groups in total. The Bertz CT molecular complexity index is 1450. The molecule has 2 saturated heterocycles. The molecule has 3 unspecified atom stereocenters. The Hall–Kier alpha value is -3.38. The number of amides is 2. The van der Waals surface area contributed by atoms with Crippen molar-refractivity contribution in [2.45, 2.75) is 71.8 Å². The smallest absolute Gasteiger partial charge is 0.325 e. The Balaban J connectivity index is 1.16. The fraction of sp³-hybridized carbons (Fsp3) is 0.606. The highest BCUT2D eigenvalue weighted by atomic mass is 35.5. The fourth-order valence-corrected chi connectivity index (χ4v) is 7.19. The van der Waals surface area contributed by atoms with Gasteiger partial charge in [0.05, 0.1) is 17.0 Å². The molecule has 1 saturated carbocycles. The van der Waals surface area contributed by atoms with Gasteiger partial charge in [0.15, 0.2) is 0 Å². The maximum absolute atomic E-state index is 13.8. The predicted molar refractivity (Wildman–Crippen MR) is 172 cm³/mol. The van der Waals surface area contributed by atoms with E-state index in [-0.39, 0.29) is 43.4 Å². The van der Waals surface area contributed by atoms with Crippen LogP contribution in [0.15, 0.2) is 18.2 Å². The molecular weight excluding hydrogens is 618 g/mol. The van der Waals surface area contributed by atoms with E-state index in [1.165, 1.54) is 6.92 Å². The summed E-state index contributed by atoms with van der Waals surface area (Å²) >= 11 is 6.40. The van der Waals surface area contributed by atoms with Crippen LogP contribution in [-0.2, 0) is 9.59 Å². The molecule has 2 aromatic rings. The van der Waals surface area contributed by atoms with Crippen molar-refractivity contribution in [3.8, 4) is 0 Å². The number of alkyl halides is 2. The molecule has 0 spiro atoms. The summed E-state index contributed by atoms with van der Waals surface area (Å²) in [5.74, 6) is -3.51. The molecule has 2 amide bonds. The zero-order valence-electron chi connectivity index (χ0n) is 26.9. The molecule has 0 radical (unpaired) electrons. The zero-order valence-corrected chi connectivity index (χ0v) is 27.6. The minimum atomic E-state index is -2.70. The molecular formula is C33H43ClF2N6O4. The van der Waals surface area contributed by atoms with Gasteiger partial charge >= 0.3 is 5.97 Å². The summed E-state index contributed by atoms with van der Waals surface area (Å²) in [5, 5.41) is 12.5. The van der Waals surface area contributed by atoms with E-state index < -0.39 is 23.9 Å². The van der Waals surface area contributed by atoms with Crippen LogP contribution in [0.3, 0.4) is 0 Å². The third kappa shape index (κ3) is 7.60. The van der Waals surface area contributed by atoms with Gasteiger partial charge < -0.3 is 25.1 Å². The molecule has 10 nitrogen and oxygen atoms in total. The number of anilines is 2. The largest absolute Gasteiger partial charge is 0.480 e. The van der Waals surface area contributed by atoms with Gasteiger partial charge in [0.2, 0.25) is 17.8 Å². The summed E-state index contributed by atoms with van der Waals surface area (Å²) in [7, 11) is 0. The number of aryl methyl sites for hydroxylation is 3. The Morgan fingerprint density at radius 1 is 1.07 bits per heavy atom. The highest BCUT2D eigenvalue weighted by Crippen LogP contribution is 2.38. The van der Waals surface area contributed by atoms with Crippen LogP contribution in [0.5, 0.6) is 0 Å². The number of nitrogens with one attached hydrogen (secondary N) is 1. The lowest BCUT2D eigenvalue weighted by atomic mass is 9.85.